The third-order valence-electron chi connectivity index (χ3n) is 5.34. The van der Waals surface area contributed by atoms with Crippen molar-refractivity contribution in [1.82, 2.24) is 5.32 Å². The van der Waals surface area contributed by atoms with Crippen LogP contribution in [0.4, 0.5) is 0 Å². The summed E-state index contributed by atoms with van der Waals surface area (Å²) in [4.78, 5) is 36.7. The monoisotopic (exact) mass is 393 g/mol. The lowest BCUT2D eigenvalue weighted by atomic mass is 9.79. The first-order chi connectivity index (χ1) is 13.4. The van der Waals surface area contributed by atoms with E-state index in [2.05, 4.69) is 11.4 Å². The Labute approximate surface area is 163 Å². The number of nitrogens with one attached hydrogen (secondary N) is 1. The Bertz CT molecular complexity index is 688. The van der Waals surface area contributed by atoms with Crippen molar-refractivity contribution in [3.05, 3.63) is 24.3 Å². The molecule has 2 saturated heterocycles. The second-order valence-corrected chi connectivity index (χ2v) is 7.38. The minimum atomic E-state index is -1.87. The van der Waals surface area contributed by atoms with E-state index in [1.165, 1.54) is 13.2 Å². The predicted octanol–water partition coefficient (Wildman–Crippen LogP) is 0.576. The first-order valence-corrected chi connectivity index (χ1v) is 9.66. The second kappa shape index (κ2) is 8.55. The maximum absolute atomic E-state index is 12.4. The van der Waals surface area contributed by atoms with Gasteiger partial charge in [0.15, 0.2) is 11.4 Å². The van der Waals surface area contributed by atoms with Crippen LogP contribution in [-0.2, 0) is 28.6 Å². The van der Waals surface area contributed by atoms with Crippen LogP contribution in [0.1, 0.15) is 39.0 Å². The van der Waals surface area contributed by atoms with Crippen molar-refractivity contribution in [2.24, 2.45) is 0 Å². The van der Waals surface area contributed by atoms with Crippen molar-refractivity contribution in [2.45, 2.75) is 75.1 Å². The maximum Gasteiger partial charge on any atom is 0.328 e. The number of aliphatic hydroxyl groups is 1. The Morgan fingerprint density at radius 3 is 2.64 bits per heavy atom. The molecule has 1 aliphatic carbocycles. The van der Waals surface area contributed by atoms with Gasteiger partial charge >= 0.3 is 5.97 Å². The molecule has 1 saturated carbocycles. The van der Waals surface area contributed by atoms with Crippen LogP contribution in [0.3, 0.4) is 0 Å². The lowest BCUT2D eigenvalue weighted by molar-refractivity contribution is -0.151. The van der Waals surface area contributed by atoms with Crippen LogP contribution in [0.5, 0.6) is 0 Å². The zero-order valence-corrected chi connectivity index (χ0v) is 16.1. The van der Waals surface area contributed by atoms with Gasteiger partial charge in [0, 0.05) is 6.42 Å². The number of Topliss-reactive ketones (excluding diaryl/α,β-unsaturated/α-hetero) is 1. The average molecular weight is 393 g/mol. The zero-order valence-electron chi connectivity index (χ0n) is 16.1. The van der Waals surface area contributed by atoms with Crippen molar-refractivity contribution in [3.63, 3.8) is 0 Å². The summed E-state index contributed by atoms with van der Waals surface area (Å²) in [6, 6.07) is -1.16. The molecule has 0 aromatic rings. The molecule has 8 nitrogen and oxygen atoms in total. The Morgan fingerprint density at radius 2 is 1.96 bits per heavy atom. The van der Waals surface area contributed by atoms with E-state index in [9.17, 15) is 19.5 Å². The smallest absolute Gasteiger partial charge is 0.328 e. The highest BCUT2D eigenvalue weighted by molar-refractivity contribution is 5.97. The number of unbranched alkanes of at least 4 members (excludes halogenated alkanes) is 3. The molecule has 2 N–H and O–H groups in total. The molecular weight excluding hydrogens is 366 g/mol. The Hall–Kier alpha value is -2.03. The SMILES string of the molecule is C/C=C/CCCC/C=C/C(=O)N[C@H](C[C@]1(O)C(=O)C2OC2C2OC21)C(=O)OC. The van der Waals surface area contributed by atoms with Gasteiger partial charge in [-0.05, 0) is 38.7 Å². The molecule has 2 heterocycles. The summed E-state index contributed by atoms with van der Waals surface area (Å²) in [6.45, 7) is 1.98. The molecule has 1 amide bonds. The predicted molar refractivity (Wildman–Crippen MR) is 98.3 cm³/mol. The van der Waals surface area contributed by atoms with Crippen LogP contribution in [-0.4, -0.2) is 65.9 Å². The summed E-state index contributed by atoms with van der Waals surface area (Å²) < 4.78 is 15.3. The van der Waals surface area contributed by atoms with Crippen LogP contribution < -0.4 is 5.32 Å². The summed E-state index contributed by atoms with van der Waals surface area (Å²) >= 11 is 0. The van der Waals surface area contributed by atoms with E-state index in [0.717, 1.165) is 25.7 Å². The van der Waals surface area contributed by atoms with Gasteiger partial charge in [0.05, 0.1) is 7.11 Å². The zero-order chi connectivity index (χ0) is 20.3. The van der Waals surface area contributed by atoms with Crippen molar-refractivity contribution in [2.75, 3.05) is 7.11 Å². The Morgan fingerprint density at radius 1 is 1.25 bits per heavy atom. The summed E-state index contributed by atoms with van der Waals surface area (Å²) in [5, 5.41) is 13.4. The molecule has 3 rings (SSSR count). The van der Waals surface area contributed by atoms with Gasteiger partial charge in [-0.15, -0.1) is 0 Å². The Kier molecular flexibility index (Phi) is 6.32. The fourth-order valence-corrected chi connectivity index (χ4v) is 3.69. The number of allylic oxidation sites excluding steroid dienone is 3. The molecule has 0 radical (unpaired) electrons. The quantitative estimate of drug-likeness (QED) is 0.183. The molecule has 3 aliphatic rings. The number of carbonyl (C=O) groups excluding carboxylic acids is 3. The van der Waals surface area contributed by atoms with Crippen LogP contribution >= 0.6 is 0 Å². The van der Waals surface area contributed by atoms with Gasteiger partial charge in [-0.3, -0.25) is 9.59 Å². The fourth-order valence-electron chi connectivity index (χ4n) is 3.69. The summed E-state index contributed by atoms with van der Waals surface area (Å²) in [5.41, 5.74) is -1.87. The highest BCUT2D eigenvalue weighted by Crippen LogP contribution is 2.52. The van der Waals surface area contributed by atoms with Crippen molar-refractivity contribution in [3.8, 4) is 0 Å². The number of amides is 1. The molecule has 3 fully saturated rings. The van der Waals surface area contributed by atoms with Crippen LogP contribution in [0, 0.1) is 0 Å². The van der Waals surface area contributed by atoms with E-state index in [4.69, 9.17) is 14.2 Å². The largest absolute Gasteiger partial charge is 0.467 e. The van der Waals surface area contributed by atoms with Gasteiger partial charge in [-0.2, -0.15) is 0 Å². The van der Waals surface area contributed by atoms with Crippen molar-refractivity contribution in [1.29, 1.82) is 0 Å². The van der Waals surface area contributed by atoms with E-state index in [0.29, 0.717) is 0 Å². The minimum Gasteiger partial charge on any atom is -0.467 e. The first kappa shape index (κ1) is 20.7. The summed E-state index contributed by atoms with van der Waals surface area (Å²) in [6.07, 6.45) is 8.59. The number of hydrogen-bond donors (Lipinski definition) is 2. The molecule has 6 atom stereocenters. The molecule has 154 valence electrons. The molecule has 28 heavy (non-hydrogen) atoms. The molecule has 2 aliphatic heterocycles. The lowest BCUT2D eigenvalue weighted by Gasteiger charge is -2.29. The molecule has 4 unspecified atom stereocenters. The van der Waals surface area contributed by atoms with Gasteiger partial charge in [0.25, 0.3) is 0 Å². The van der Waals surface area contributed by atoms with E-state index >= 15 is 0 Å². The molecule has 0 aromatic carbocycles. The van der Waals surface area contributed by atoms with Gasteiger partial charge in [-0.1, -0.05) is 18.2 Å². The van der Waals surface area contributed by atoms with Gasteiger partial charge in [-0.25, -0.2) is 4.79 Å². The van der Waals surface area contributed by atoms with Crippen molar-refractivity contribution < 1.29 is 33.7 Å². The second-order valence-electron chi connectivity index (χ2n) is 7.38. The van der Waals surface area contributed by atoms with Gasteiger partial charge in [0.2, 0.25) is 5.91 Å². The standard InChI is InChI=1S/C20H27NO7/c1-3-4-5-6-7-8-9-10-13(22)21-12(19(24)26-2)11-20(25)17(23)15-14(27-15)16-18(20)28-16/h3-4,9-10,12,14-16,18,25H,5-8,11H2,1-2H3,(H,21,22)/b4-3+,10-9+/t12-,14?,15?,16?,18?,20+/m1/s1. The Balaban J connectivity index is 1.53. The van der Waals surface area contributed by atoms with Crippen LogP contribution in [0.25, 0.3) is 0 Å². The number of esters is 1. The number of epoxide rings is 2. The summed E-state index contributed by atoms with van der Waals surface area (Å²) in [7, 11) is 1.19. The van der Waals surface area contributed by atoms with E-state index in [-0.39, 0.29) is 18.6 Å². The number of methoxy groups -OCH3 is 1. The molecular formula is C20H27NO7. The molecule has 0 aromatic heterocycles. The lowest BCUT2D eigenvalue weighted by Crippen LogP contribution is -2.56. The van der Waals surface area contributed by atoms with Gasteiger partial charge in [0.1, 0.15) is 30.5 Å². The molecule has 0 spiro atoms. The number of fused-ring (bicyclic) bond motifs is 3. The highest BCUT2D eigenvalue weighted by Gasteiger charge is 2.75. The normalized spacial score (nSPS) is 34.0. The fraction of sp³-hybridized carbons (Fsp3) is 0.650. The molecule has 8 heteroatoms. The third kappa shape index (κ3) is 4.34. The topological polar surface area (TPSA) is 118 Å². The average Bonchev–Trinajstić information content (AvgIpc) is 3.56. The van der Waals surface area contributed by atoms with Crippen LogP contribution in [0.2, 0.25) is 0 Å². The number of ketones is 1. The van der Waals surface area contributed by atoms with E-state index in [1.807, 2.05) is 13.0 Å². The number of ether oxygens (including phenoxy) is 3. The van der Waals surface area contributed by atoms with E-state index < -0.39 is 41.5 Å². The number of hydrogen-bond acceptors (Lipinski definition) is 7. The third-order valence-corrected chi connectivity index (χ3v) is 5.34. The van der Waals surface area contributed by atoms with Crippen molar-refractivity contribution >= 4 is 17.7 Å². The van der Waals surface area contributed by atoms with Crippen LogP contribution in [0.15, 0.2) is 24.3 Å². The first-order valence-electron chi connectivity index (χ1n) is 9.66. The highest BCUT2D eigenvalue weighted by atomic mass is 16.7. The van der Waals surface area contributed by atoms with E-state index in [1.54, 1.807) is 6.08 Å². The maximum atomic E-state index is 12.4. The number of rotatable bonds is 10. The minimum absolute atomic E-state index is 0.292. The number of carbonyl (C=O) groups is 3. The van der Waals surface area contributed by atoms with Gasteiger partial charge < -0.3 is 24.6 Å². The molecule has 0 bridgehead atoms. The summed E-state index contributed by atoms with van der Waals surface area (Å²) in [5.74, 6) is -1.72.